The largest absolute Gasteiger partial charge is 0.384 e. The van der Waals surface area contributed by atoms with Crippen molar-refractivity contribution in [2.24, 2.45) is 7.05 Å². The SMILES string of the molecule is CCCn1c(N)c(C(=O)CSc2nc3ccccc3c(=O)n2C(C)C)c(=O)n(C)c1=O. The molecule has 31 heavy (non-hydrogen) atoms. The van der Waals surface area contributed by atoms with Gasteiger partial charge >= 0.3 is 5.69 Å². The normalized spacial score (nSPS) is 11.4. The minimum atomic E-state index is -0.729. The number of aromatic nitrogens is 4. The van der Waals surface area contributed by atoms with Gasteiger partial charge in [-0.1, -0.05) is 30.8 Å². The number of thioether (sulfide) groups is 1. The quantitative estimate of drug-likeness (QED) is 0.336. The van der Waals surface area contributed by atoms with E-state index in [-0.39, 0.29) is 28.7 Å². The summed E-state index contributed by atoms with van der Waals surface area (Å²) in [6.45, 7) is 5.88. The van der Waals surface area contributed by atoms with Crippen molar-refractivity contribution in [3.8, 4) is 0 Å². The number of nitrogen functional groups attached to an aromatic ring is 1. The van der Waals surface area contributed by atoms with Gasteiger partial charge in [-0.25, -0.2) is 9.78 Å². The third-order valence-corrected chi connectivity index (χ3v) is 5.89. The van der Waals surface area contributed by atoms with Crippen LogP contribution in [0.2, 0.25) is 0 Å². The van der Waals surface area contributed by atoms with Crippen LogP contribution in [0, 0.1) is 0 Å². The Balaban J connectivity index is 2.03. The minimum absolute atomic E-state index is 0.131. The van der Waals surface area contributed by atoms with Crippen molar-refractivity contribution in [3.63, 3.8) is 0 Å². The number of nitrogens with two attached hydrogens (primary N) is 1. The third-order valence-electron chi connectivity index (χ3n) is 4.93. The zero-order chi connectivity index (χ0) is 22.9. The molecule has 0 bridgehead atoms. The lowest BCUT2D eigenvalue weighted by Gasteiger charge is -2.16. The first-order valence-electron chi connectivity index (χ1n) is 9.95. The lowest BCUT2D eigenvalue weighted by atomic mass is 10.2. The average Bonchev–Trinajstić information content (AvgIpc) is 2.73. The van der Waals surface area contributed by atoms with E-state index in [1.807, 2.05) is 20.8 Å². The van der Waals surface area contributed by atoms with Crippen molar-refractivity contribution in [1.29, 1.82) is 0 Å². The molecule has 9 nitrogen and oxygen atoms in total. The van der Waals surface area contributed by atoms with E-state index >= 15 is 0 Å². The van der Waals surface area contributed by atoms with E-state index in [0.29, 0.717) is 29.0 Å². The maximum Gasteiger partial charge on any atom is 0.332 e. The first-order valence-corrected chi connectivity index (χ1v) is 10.9. The predicted molar refractivity (Wildman–Crippen MR) is 122 cm³/mol. The number of rotatable bonds is 7. The van der Waals surface area contributed by atoms with Gasteiger partial charge in [0.05, 0.1) is 16.7 Å². The second-order valence-electron chi connectivity index (χ2n) is 7.45. The van der Waals surface area contributed by atoms with E-state index in [9.17, 15) is 19.2 Å². The molecule has 10 heteroatoms. The first-order chi connectivity index (χ1) is 14.7. The van der Waals surface area contributed by atoms with E-state index < -0.39 is 17.0 Å². The number of carbonyl (C=O) groups excluding carboxylic acids is 1. The number of benzene rings is 1. The fourth-order valence-corrected chi connectivity index (χ4v) is 4.37. The highest BCUT2D eigenvalue weighted by molar-refractivity contribution is 7.99. The van der Waals surface area contributed by atoms with Gasteiger partial charge in [0.15, 0.2) is 10.9 Å². The minimum Gasteiger partial charge on any atom is -0.384 e. The Labute approximate surface area is 182 Å². The van der Waals surface area contributed by atoms with Gasteiger partial charge in [-0.3, -0.25) is 28.1 Å². The summed E-state index contributed by atoms with van der Waals surface area (Å²) in [4.78, 5) is 55.4. The van der Waals surface area contributed by atoms with Crippen LogP contribution in [-0.2, 0) is 13.6 Å². The molecule has 0 atom stereocenters. The predicted octanol–water partition coefficient (Wildman–Crippen LogP) is 1.80. The van der Waals surface area contributed by atoms with Crippen molar-refractivity contribution >= 4 is 34.3 Å². The number of ketones is 1. The zero-order valence-electron chi connectivity index (χ0n) is 17.9. The van der Waals surface area contributed by atoms with Crippen molar-refractivity contribution in [2.75, 3.05) is 11.5 Å². The van der Waals surface area contributed by atoms with E-state index in [2.05, 4.69) is 4.98 Å². The molecule has 0 fully saturated rings. The number of anilines is 1. The summed E-state index contributed by atoms with van der Waals surface area (Å²) in [6.07, 6.45) is 0.617. The van der Waals surface area contributed by atoms with Gasteiger partial charge in [-0.2, -0.15) is 0 Å². The van der Waals surface area contributed by atoms with Crippen LogP contribution in [0.1, 0.15) is 43.6 Å². The van der Waals surface area contributed by atoms with Gasteiger partial charge in [0.25, 0.3) is 11.1 Å². The molecule has 0 unspecified atom stereocenters. The Hall–Kier alpha value is -3.14. The molecular weight excluding hydrogens is 418 g/mol. The number of para-hydroxylation sites is 1. The van der Waals surface area contributed by atoms with Crippen molar-refractivity contribution < 1.29 is 4.79 Å². The second-order valence-corrected chi connectivity index (χ2v) is 8.39. The Morgan fingerprint density at radius 2 is 1.84 bits per heavy atom. The van der Waals surface area contributed by atoms with Crippen LogP contribution >= 0.6 is 11.8 Å². The van der Waals surface area contributed by atoms with E-state index in [4.69, 9.17) is 5.73 Å². The second kappa shape index (κ2) is 8.93. The van der Waals surface area contributed by atoms with Gasteiger partial charge in [0.2, 0.25) is 0 Å². The summed E-state index contributed by atoms with van der Waals surface area (Å²) in [6, 6.07) is 6.84. The van der Waals surface area contributed by atoms with Gasteiger partial charge in [-0.15, -0.1) is 0 Å². The lowest BCUT2D eigenvalue weighted by Crippen LogP contribution is -2.42. The zero-order valence-corrected chi connectivity index (χ0v) is 18.7. The summed E-state index contributed by atoms with van der Waals surface area (Å²) in [5.41, 5.74) is 4.87. The highest BCUT2D eigenvalue weighted by atomic mass is 32.2. The molecule has 0 aliphatic rings. The highest BCUT2D eigenvalue weighted by Gasteiger charge is 2.22. The van der Waals surface area contributed by atoms with Crippen LogP contribution in [0.25, 0.3) is 10.9 Å². The van der Waals surface area contributed by atoms with Crippen LogP contribution in [-0.4, -0.2) is 30.2 Å². The number of carbonyl (C=O) groups is 1. The number of Topliss-reactive ketones (excluding diaryl/α,β-unsaturated/α-hetero) is 1. The molecule has 3 rings (SSSR count). The fraction of sp³-hybridized carbons (Fsp3) is 0.381. The Morgan fingerprint density at radius 1 is 1.16 bits per heavy atom. The Kier molecular flexibility index (Phi) is 6.49. The number of hydrogen-bond donors (Lipinski definition) is 1. The number of hydrogen-bond acceptors (Lipinski definition) is 7. The summed E-state index contributed by atoms with van der Waals surface area (Å²) in [5, 5.41) is 0.876. The molecule has 1 aromatic carbocycles. The third kappa shape index (κ3) is 4.07. The highest BCUT2D eigenvalue weighted by Crippen LogP contribution is 2.22. The Morgan fingerprint density at radius 3 is 2.48 bits per heavy atom. The molecule has 2 heterocycles. The van der Waals surface area contributed by atoms with Crippen molar-refractivity contribution in [1.82, 2.24) is 18.7 Å². The smallest absolute Gasteiger partial charge is 0.332 e. The summed E-state index contributed by atoms with van der Waals surface area (Å²) >= 11 is 1.07. The molecule has 0 saturated heterocycles. The van der Waals surface area contributed by atoms with Crippen LogP contribution < -0.4 is 22.5 Å². The van der Waals surface area contributed by atoms with Crippen LogP contribution in [0.15, 0.2) is 43.8 Å². The van der Waals surface area contributed by atoms with Crippen LogP contribution in [0.3, 0.4) is 0 Å². The Bertz CT molecular complexity index is 1340. The lowest BCUT2D eigenvalue weighted by molar-refractivity contribution is 0.102. The molecule has 0 aliphatic heterocycles. The molecule has 0 saturated carbocycles. The van der Waals surface area contributed by atoms with E-state index in [1.165, 1.54) is 16.2 Å². The molecule has 2 N–H and O–H groups in total. The molecule has 2 aromatic heterocycles. The number of nitrogens with zero attached hydrogens (tertiary/aromatic N) is 4. The van der Waals surface area contributed by atoms with Crippen molar-refractivity contribution in [3.05, 3.63) is 61.0 Å². The molecule has 0 amide bonds. The van der Waals surface area contributed by atoms with Gasteiger partial charge in [-0.05, 0) is 32.4 Å². The van der Waals surface area contributed by atoms with E-state index in [0.717, 1.165) is 16.3 Å². The standard InChI is InChI=1S/C21H25N5O4S/c1-5-10-25-17(22)16(19(29)24(4)21(25)30)15(27)11-31-20-23-14-9-7-6-8-13(14)18(28)26(20)12(2)3/h6-9,12H,5,10-11,22H2,1-4H3. The number of fused-ring (bicyclic) bond motifs is 1. The van der Waals surface area contributed by atoms with Gasteiger partial charge < -0.3 is 5.73 Å². The fourth-order valence-electron chi connectivity index (χ4n) is 3.37. The topological polar surface area (TPSA) is 122 Å². The van der Waals surface area contributed by atoms with Crippen LogP contribution in [0.4, 0.5) is 5.82 Å². The molecular formula is C21H25N5O4S. The molecule has 0 aliphatic carbocycles. The summed E-state index contributed by atoms with van der Waals surface area (Å²) in [7, 11) is 1.32. The van der Waals surface area contributed by atoms with Crippen LogP contribution in [0.5, 0.6) is 0 Å². The molecule has 3 aromatic rings. The van der Waals surface area contributed by atoms with E-state index in [1.54, 1.807) is 24.3 Å². The maximum absolute atomic E-state index is 13.0. The first kappa shape index (κ1) is 22.5. The van der Waals surface area contributed by atoms with Crippen molar-refractivity contribution in [2.45, 2.75) is 44.9 Å². The molecule has 0 radical (unpaired) electrons. The summed E-state index contributed by atoms with van der Waals surface area (Å²) in [5.74, 6) is -0.805. The average molecular weight is 444 g/mol. The maximum atomic E-state index is 13.0. The monoisotopic (exact) mass is 443 g/mol. The summed E-state index contributed by atoms with van der Waals surface area (Å²) < 4.78 is 3.65. The molecule has 0 spiro atoms. The molecule has 164 valence electrons. The van der Waals surface area contributed by atoms with Gasteiger partial charge in [0.1, 0.15) is 11.4 Å². The van der Waals surface area contributed by atoms with Gasteiger partial charge in [0, 0.05) is 19.6 Å².